The molecule has 0 radical (unpaired) electrons. The minimum Gasteiger partial charge on any atom is -0.398 e. The van der Waals surface area contributed by atoms with Gasteiger partial charge in [-0.1, -0.05) is 26.0 Å². The van der Waals surface area contributed by atoms with E-state index in [0.717, 1.165) is 0 Å². The van der Waals surface area contributed by atoms with E-state index >= 15 is 0 Å². The lowest BCUT2D eigenvalue weighted by atomic mass is 10.0. The molecule has 1 atom stereocenters. The fourth-order valence-electron chi connectivity index (χ4n) is 1.53. The van der Waals surface area contributed by atoms with E-state index in [2.05, 4.69) is 5.32 Å². The molecule has 1 amide bonds. The van der Waals surface area contributed by atoms with Crippen LogP contribution in [-0.2, 0) is 4.74 Å². The van der Waals surface area contributed by atoms with Crippen LogP contribution in [0.1, 0.15) is 24.2 Å². The molecule has 0 fully saturated rings. The SMILES string of the molecule is COCC(NC(=O)c1ccccc1N)C(C)C. The summed E-state index contributed by atoms with van der Waals surface area (Å²) in [5.74, 6) is 0.155. The molecule has 0 saturated heterocycles. The Balaban J connectivity index is 2.74. The summed E-state index contributed by atoms with van der Waals surface area (Å²) in [6.45, 7) is 4.58. The quantitative estimate of drug-likeness (QED) is 0.764. The predicted octanol–water partition coefficient (Wildman–Crippen LogP) is 1.67. The van der Waals surface area contributed by atoms with Gasteiger partial charge in [-0.05, 0) is 18.1 Å². The number of para-hydroxylation sites is 1. The average molecular weight is 236 g/mol. The van der Waals surface area contributed by atoms with Crippen molar-refractivity contribution >= 4 is 11.6 Å². The summed E-state index contributed by atoms with van der Waals surface area (Å²) in [6, 6.07) is 7.03. The second-order valence-electron chi connectivity index (χ2n) is 4.37. The summed E-state index contributed by atoms with van der Waals surface area (Å²) in [7, 11) is 1.62. The molecule has 4 heteroatoms. The Morgan fingerprint density at radius 1 is 1.41 bits per heavy atom. The fraction of sp³-hybridized carbons (Fsp3) is 0.462. The van der Waals surface area contributed by atoms with Gasteiger partial charge >= 0.3 is 0 Å². The highest BCUT2D eigenvalue weighted by atomic mass is 16.5. The number of benzene rings is 1. The number of methoxy groups -OCH3 is 1. The van der Waals surface area contributed by atoms with Gasteiger partial charge in [-0.2, -0.15) is 0 Å². The van der Waals surface area contributed by atoms with Crippen molar-refractivity contribution in [2.24, 2.45) is 5.92 Å². The van der Waals surface area contributed by atoms with Crippen LogP contribution in [0.4, 0.5) is 5.69 Å². The lowest BCUT2D eigenvalue weighted by molar-refractivity contribution is 0.0867. The summed E-state index contributed by atoms with van der Waals surface area (Å²) in [6.07, 6.45) is 0. The van der Waals surface area contributed by atoms with E-state index in [1.165, 1.54) is 0 Å². The third-order valence-corrected chi connectivity index (χ3v) is 2.67. The lowest BCUT2D eigenvalue weighted by Gasteiger charge is -2.21. The van der Waals surface area contributed by atoms with Crippen molar-refractivity contribution in [3.63, 3.8) is 0 Å². The molecule has 0 heterocycles. The number of nitrogens with one attached hydrogen (secondary N) is 1. The zero-order valence-corrected chi connectivity index (χ0v) is 10.6. The van der Waals surface area contributed by atoms with E-state index in [1.54, 1.807) is 31.4 Å². The molecular weight excluding hydrogens is 216 g/mol. The third-order valence-electron chi connectivity index (χ3n) is 2.67. The molecular formula is C13H20N2O2. The first-order valence-corrected chi connectivity index (χ1v) is 5.70. The van der Waals surface area contributed by atoms with E-state index in [9.17, 15) is 4.79 Å². The van der Waals surface area contributed by atoms with Gasteiger partial charge in [-0.3, -0.25) is 4.79 Å². The first-order chi connectivity index (χ1) is 8.06. The van der Waals surface area contributed by atoms with Gasteiger partial charge in [-0.15, -0.1) is 0 Å². The molecule has 0 aromatic heterocycles. The van der Waals surface area contributed by atoms with Gasteiger partial charge < -0.3 is 15.8 Å². The minimum atomic E-state index is -0.154. The van der Waals surface area contributed by atoms with Gasteiger partial charge in [0.2, 0.25) is 0 Å². The van der Waals surface area contributed by atoms with E-state index in [4.69, 9.17) is 10.5 Å². The van der Waals surface area contributed by atoms with Crippen molar-refractivity contribution in [3.8, 4) is 0 Å². The highest BCUT2D eigenvalue weighted by molar-refractivity contribution is 5.99. The highest BCUT2D eigenvalue weighted by Crippen LogP contribution is 2.11. The Labute approximate surface area is 102 Å². The Kier molecular flexibility index (Phi) is 4.97. The second kappa shape index (κ2) is 6.25. The molecule has 1 aromatic carbocycles. The van der Waals surface area contributed by atoms with E-state index < -0.39 is 0 Å². The van der Waals surface area contributed by atoms with Crippen molar-refractivity contribution in [1.29, 1.82) is 0 Å². The second-order valence-corrected chi connectivity index (χ2v) is 4.37. The van der Waals surface area contributed by atoms with Crippen molar-refractivity contribution in [2.45, 2.75) is 19.9 Å². The molecule has 0 aliphatic heterocycles. The van der Waals surface area contributed by atoms with Crippen LogP contribution in [0.3, 0.4) is 0 Å². The first kappa shape index (κ1) is 13.5. The molecule has 17 heavy (non-hydrogen) atoms. The summed E-state index contributed by atoms with van der Waals surface area (Å²) < 4.78 is 5.09. The number of rotatable bonds is 5. The van der Waals surface area contributed by atoms with Gasteiger partial charge in [0.05, 0.1) is 18.2 Å². The van der Waals surface area contributed by atoms with Crippen LogP contribution in [0.25, 0.3) is 0 Å². The Bertz CT molecular complexity index is 377. The molecule has 94 valence electrons. The monoisotopic (exact) mass is 236 g/mol. The number of hydrogen-bond acceptors (Lipinski definition) is 3. The number of anilines is 1. The van der Waals surface area contributed by atoms with Crippen LogP contribution in [0.15, 0.2) is 24.3 Å². The lowest BCUT2D eigenvalue weighted by Crippen LogP contribution is -2.41. The summed E-state index contributed by atoms with van der Waals surface area (Å²) in [5, 5.41) is 2.93. The molecule has 0 spiro atoms. The molecule has 0 bridgehead atoms. The van der Waals surface area contributed by atoms with Crippen molar-refractivity contribution < 1.29 is 9.53 Å². The molecule has 1 rings (SSSR count). The fourth-order valence-corrected chi connectivity index (χ4v) is 1.53. The maximum absolute atomic E-state index is 12.0. The minimum absolute atomic E-state index is 0.00731. The third kappa shape index (κ3) is 3.75. The summed E-state index contributed by atoms with van der Waals surface area (Å²) in [5.41, 5.74) is 6.75. The van der Waals surface area contributed by atoms with Crippen LogP contribution in [0, 0.1) is 5.92 Å². The van der Waals surface area contributed by atoms with Crippen LogP contribution in [-0.4, -0.2) is 25.7 Å². The summed E-state index contributed by atoms with van der Waals surface area (Å²) >= 11 is 0. The molecule has 3 N–H and O–H groups in total. The average Bonchev–Trinajstić information content (AvgIpc) is 2.28. The van der Waals surface area contributed by atoms with Gasteiger partial charge in [-0.25, -0.2) is 0 Å². The molecule has 1 aromatic rings. The molecule has 0 aliphatic carbocycles. The number of ether oxygens (including phenoxy) is 1. The van der Waals surface area contributed by atoms with Crippen molar-refractivity contribution in [1.82, 2.24) is 5.32 Å². The number of carbonyl (C=O) groups is 1. The number of hydrogen-bond donors (Lipinski definition) is 2. The van der Waals surface area contributed by atoms with Gasteiger partial charge in [0.1, 0.15) is 0 Å². The highest BCUT2D eigenvalue weighted by Gasteiger charge is 2.17. The predicted molar refractivity (Wildman–Crippen MR) is 68.8 cm³/mol. The van der Waals surface area contributed by atoms with E-state index in [1.807, 2.05) is 13.8 Å². The van der Waals surface area contributed by atoms with Crippen LogP contribution in [0.5, 0.6) is 0 Å². The number of carbonyl (C=O) groups excluding carboxylic acids is 1. The topological polar surface area (TPSA) is 64.3 Å². The van der Waals surface area contributed by atoms with Crippen molar-refractivity contribution in [3.05, 3.63) is 29.8 Å². The number of nitrogens with two attached hydrogens (primary N) is 1. The molecule has 4 nitrogen and oxygen atoms in total. The van der Waals surface area contributed by atoms with Crippen LogP contribution in [0.2, 0.25) is 0 Å². The smallest absolute Gasteiger partial charge is 0.253 e. The standard InChI is InChI=1S/C13H20N2O2/c1-9(2)12(8-17-3)15-13(16)10-6-4-5-7-11(10)14/h4-7,9,12H,8,14H2,1-3H3,(H,15,16). The molecule has 0 saturated carbocycles. The maximum atomic E-state index is 12.0. The van der Waals surface area contributed by atoms with Crippen LogP contribution < -0.4 is 11.1 Å². The van der Waals surface area contributed by atoms with Crippen molar-refractivity contribution in [2.75, 3.05) is 19.5 Å². The maximum Gasteiger partial charge on any atom is 0.253 e. The zero-order chi connectivity index (χ0) is 12.8. The molecule has 1 unspecified atom stereocenters. The van der Waals surface area contributed by atoms with E-state index in [0.29, 0.717) is 23.8 Å². The summed E-state index contributed by atoms with van der Waals surface area (Å²) in [4.78, 5) is 12.0. The van der Waals surface area contributed by atoms with Gasteiger partial charge in [0.15, 0.2) is 0 Å². The first-order valence-electron chi connectivity index (χ1n) is 5.70. The zero-order valence-electron chi connectivity index (χ0n) is 10.6. The Morgan fingerprint density at radius 2 is 2.06 bits per heavy atom. The Hall–Kier alpha value is -1.55. The van der Waals surface area contributed by atoms with Gasteiger partial charge in [0, 0.05) is 12.8 Å². The number of nitrogen functional groups attached to an aromatic ring is 1. The van der Waals surface area contributed by atoms with E-state index in [-0.39, 0.29) is 11.9 Å². The molecule has 0 aliphatic rings. The largest absolute Gasteiger partial charge is 0.398 e. The van der Waals surface area contributed by atoms with Crippen LogP contribution >= 0.6 is 0 Å². The van der Waals surface area contributed by atoms with Gasteiger partial charge in [0.25, 0.3) is 5.91 Å². The Morgan fingerprint density at radius 3 is 2.59 bits per heavy atom. The number of amides is 1. The normalized spacial score (nSPS) is 12.5.